The molecule has 2 aromatic carbocycles. The second-order valence-electron chi connectivity index (χ2n) is 6.76. The van der Waals surface area contributed by atoms with Crippen LogP contribution in [0.5, 0.6) is 0 Å². The number of aromatic nitrogens is 3. The molecule has 0 spiro atoms. The summed E-state index contributed by atoms with van der Waals surface area (Å²) in [7, 11) is -3.82. The van der Waals surface area contributed by atoms with Gasteiger partial charge in [0.25, 0.3) is 10.0 Å². The third-order valence-electron chi connectivity index (χ3n) is 4.32. The molecule has 0 aliphatic heterocycles. The van der Waals surface area contributed by atoms with Gasteiger partial charge < -0.3 is 14.8 Å². The van der Waals surface area contributed by atoms with Gasteiger partial charge in [0.1, 0.15) is 5.76 Å². The number of nitrogens with zero attached hydrogens (tertiary/aromatic N) is 2. The summed E-state index contributed by atoms with van der Waals surface area (Å²) in [5.41, 5.74) is 2.23. The lowest BCUT2D eigenvalue weighted by Gasteiger charge is -2.11. The number of aryl methyl sites for hydroxylation is 1. The van der Waals surface area contributed by atoms with Gasteiger partial charge in [-0.1, -0.05) is 29.1 Å². The predicted molar refractivity (Wildman–Crippen MR) is 119 cm³/mol. The smallest absolute Gasteiger partial charge is 0.263 e. The zero-order chi connectivity index (χ0) is 22.0. The molecule has 11 heteroatoms. The molecule has 4 rings (SSSR count). The van der Waals surface area contributed by atoms with Crippen LogP contribution in [0, 0.1) is 6.92 Å². The standard InChI is InChI=1S/C20H19N5O4S2/c1-12-11-18(24-29-12)25-31(27,28)15-9-7-14(8-10-15)21-19(26)13(2)30-20-22-16-5-3-4-6-17(16)23-20/h3-11,13H,1-2H3,(H,21,26)(H,22,23)(H,24,25). The van der Waals surface area contributed by atoms with Crippen molar-refractivity contribution in [3.05, 3.63) is 60.4 Å². The fourth-order valence-electron chi connectivity index (χ4n) is 2.78. The highest BCUT2D eigenvalue weighted by atomic mass is 32.2. The quantitative estimate of drug-likeness (QED) is 0.360. The molecule has 0 aliphatic carbocycles. The van der Waals surface area contributed by atoms with Crippen LogP contribution in [-0.2, 0) is 14.8 Å². The zero-order valence-electron chi connectivity index (χ0n) is 16.6. The summed E-state index contributed by atoms with van der Waals surface area (Å²) in [5, 5.41) is 6.64. The first-order valence-corrected chi connectivity index (χ1v) is 11.6. The fourth-order valence-corrected chi connectivity index (χ4v) is 4.58. The third kappa shape index (κ3) is 4.89. The van der Waals surface area contributed by atoms with Crippen LogP contribution >= 0.6 is 11.8 Å². The maximum Gasteiger partial charge on any atom is 0.263 e. The van der Waals surface area contributed by atoms with Crippen molar-refractivity contribution in [1.82, 2.24) is 15.1 Å². The van der Waals surface area contributed by atoms with Crippen molar-refractivity contribution < 1.29 is 17.7 Å². The van der Waals surface area contributed by atoms with Crippen molar-refractivity contribution in [1.29, 1.82) is 0 Å². The molecule has 2 aromatic heterocycles. The normalized spacial score (nSPS) is 12.6. The molecule has 3 N–H and O–H groups in total. The van der Waals surface area contributed by atoms with E-state index >= 15 is 0 Å². The van der Waals surface area contributed by atoms with E-state index in [1.165, 1.54) is 42.1 Å². The van der Waals surface area contributed by atoms with Crippen molar-refractivity contribution in [2.45, 2.75) is 29.1 Å². The lowest BCUT2D eigenvalue weighted by Crippen LogP contribution is -2.22. The van der Waals surface area contributed by atoms with E-state index in [9.17, 15) is 13.2 Å². The number of para-hydroxylation sites is 2. The van der Waals surface area contributed by atoms with Gasteiger partial charge in [-0.05, 0) is 50.2 Å². The fraction of sp³-hybridized carbons (Fsp3) is 0.150. The molecular formula is C20H19N5O4S2. The number of fused-ring (bicyclic) bond motifs is 1. The van der Waals surface area contributed by atoms with Gasteiger partial charge in [0, 0.05) is 11.8 Å². The molecule has 0 saturated heterocycles. The van der Waals surface area contributed by atoms with Crippen LogP contribution in [0.15, 0.2) is 69.2 Å². The SMILES string of the molecule is Cc1cc(NS(=O)(=O)c2ccc(NC(=O)C(C)Sc3nc4ccccc4[nH]3)cc2)no1. The minimum Gasteiger partial charge on any atom is -0.360 e. The third-order valence-corrected chi connectivity index (χ3v) is 6.68. The van der Waals surface area contributed by atoms with Crippen LogP contribution in [0.4, 0.5) is 11.5 Å². The van der Waals surface area contributed by atoms with Crippen LogP contribution in [0.3, 0.4) is 0 Å². The van der Waals surface area contributed by atoms with Gasteiger partial charge in [-0.2, -0.15) is 0 Å². The van der Waals surface area contributed by atoms with Crippen molar-refractivity contribution in [2.75, 3.05) is 10.0 Å². The number of thioether (sulfide) groups is 1. The van der Waals surface area contributed by atoms with E-state index in [1.807, 2.05) is 24.3 Å². The molecule has 1 atom stereocenters. The van der Waals surface area contributed by atoms with Crippen molar-refractivity contribution in [2.24, 2.45) is 0 Å². The largest absolute Gasteiger partial charge is 0.360 e. The van der Waals surface area contributed by atoms with Gasteiger partial charge >= 0.3 is 0 Å². The number of anilines is 2. The summed E-state index contributed by atoms with van der Waals surface area (Å²) in [6.07, 6.45) is 0. The van der Waals surface area contributed by atoms with E-state index in [1.54, 1.807) is 13.8 Å². The molecule has 0 radical (unpaired) electrons. The molecule has 0 fully saturated rings. The number of nitrogens with one attached hydrogen (secondary N) is 3. The predicted octanol–water partition coefficient (Wildman–Crippen LogP) is 3.78. The number of rotatable bonds is 7. The maximum absolute atomic E-state index is 12.5. The molecule has 2 heterocycles. The summed E-state index contributed by atoms with van der Waals surface area (Å²) >= 11 is 1.31. The Morgan fingerprint density at radius 2 is 1.90 bits per heavy atom. The van der Waals surface area contributed by atoms with Crippen molar-refractivity contribution >= 4 is 50.2 Å². The molecule has 4 aromatic rings. The number of imidazole rings is 1. The summed E-state index contributed by atoms with van der Waals surface area (Å²) in [6, 6.07) is 15.0. The average Bonchev–Trinajstić information content (AvgIpc) is 3.32. The number of hydrogen-bond acceptors (Lipinski definition) is 7. The zero-order valence-corrected chi connectivity index (χ0v) is 18.3. The Labute approximate surface area is 182 Å². The van der Waals surface area contributed by atoms with Crippen LogP contribution in [0.25, 0.3) is 11.0 Å². The van der Waals surface area contributed by atoms with Crippen LogP contribution in [0.2, 0.25) is 0 Å². The van der Waals surface area contributed by atoms with Crippen molar-refractivity contribution in [3.63, 3.8) is 0 Å². The summed E-state index contributed by atoms with van der Waals surface area (Å²) in [5.74, 6) is 0.369. The highest BCUT2D eigenvalue weighted by molar-refractivity contribution is 8.00. The molecule has 9 nitrogen and oxygen atoms in total. The second-order valence-corrected chi connectivity index (χ2v) is 9.77. The van der Waals surface area contributed by atoms with Gasteiger partial charge in [0.05, 0.1) is 21.2 Å². The monoisotopic (exact) mass is 457 g/mol. The Morgan fingerprint density at radius 1 is 1.16 bits per heavy atom. The molecule has 31 heavy (non-hydrogen) atoms. The number of carbonyl (C=O) groups excluding carboxylic acids is 1. The topological polar surface area (TPSA) is 130 Å². The van der Waals surface area contributed by atoms with Gasteiger partial charge in [-0.25, -0.2) is 13.4 Å². The van der Waals surface area contributed by atoms with Gasteiger partial charge in [0.2, 0.25) is 5.91 Å². The number of hydrogen-bond donors (Lipinski definition) is 3. The van der Waals surface area contributed by atoms with Crippen molar-refractivity contribution in [3.8, 4) is 0 Å². The first kappa shape index (κ1) is 20.9. The number of benzene rings is 2. The Hall–Kier alpha value is -3.31. The molecular weight excluding hydrogens is 438 g/mol. The Morgan fingerprint density at radius 3 is 2.58 bits per heavy atom. The van der Waals surface area contributed by atoms with Gasteiger partial charge in [-0.15, -0.1) is 0 Å². The first-order chi connectivity index (χ1) is 14.8. The minimum absolute atomic E-state index is 0.0378. The highest BCUT2D eigenvalue weighted by Gasteiger charge is 2.19. The number of H-pyrrole nitrogens is 1. The van der Waals surface area contributed by atoms with E-state index in [2.05, 4.69) is 25.2 Å². The minimum atomic E-state index is -3.82. The summed E-state index contributed by atoms with van der Waals surface area (Å²) < 4.78 is 32.1. The summed E-state index contributed by atoms with van der Waals surface area (Å²) in [6.45, 7) is 3.44. The lowest BCUT2D eigenvalue weighted by atomic mass is 10.3. The first-order valence-electron chi connectivity index (χ1n) is 9.29. The van der Waals surface area contributed by atoms with Gasteiger partial charge in [-0.3, -0.25) is 9.52 Å². The van der Waals surface area contributed by atoms with Crippen LogP contribution < -0.4 is 10.0 Å². The number of amides is 1. The van der Waals surface area contributed by atoms with E-state index in [4.69, 9.17) is 4.52 Å². The lowest BCUT2D eigenvalue weighted by molar-refractivity contribution is -0.115. The molecule has 0 bridgehead atoms. The maximum atomic E-state index is 12.5. The van der Waals surface area contributed by atoms with E-state index < -0.39 is 15.3 Å². The average molecular weight is 458 g/mol. The Kier molecular flexibility index (Phi) is 5.70. The van der Waals surface area contributed by atoms with Crippen LogP contribution in [-0.4, -0.2) is 34.7 Å². The second kappa shape index (κ2) is 8.44. The van der Waals surface area contributed by atoms with Crippen LogP contribution in [0.1, 0.15) is 12.7 Å². The Balaban J connectivity index is 1.39. The molecule has 0 aliphatic rings. The number of carbonyl (C=O) groups is 1. The molecule has 1 unspecified atom stereocenters. The molecule has 1 amide bonds. The number of aromatic amines is 1. The molecule has 0 saturated carbocycles. The molecule has 160 valence electrons. The summed E-state index contributed by atoms with van der Waals surface area (Å²) in [4.78, 5) is 20.2. The Bertz CT molecular complexity index is 1300. The van der Waals surface area contributed by atoms with E-state index in [0.29, 0.717) is 16.6 Å². The van der Waals surface area contributed by atoms with E-state index in [0.717, 1.165) is 11.0 Å². The van der Waals surface area contributed by atoms with Gasteiger partial charge in [0.15, 0.2) is 11.0 Å². The number of sulfonamides is 1. The highest BCUT2D eigenvalue weighted by Crippen LogP contribution is 2.25. The van der Waals surface area contributed by atoms with E-state index in [-0.39, 0.29) is 16.6 Å².